The van der Waals surface area contributed by atoms with Crippen molar-refractivity contribution in [1.82, 2.24) is 9.80 Å². The number of hydrogen-bond acceptors (Lipinski definition) is 4. The predicted octanol–water partition coefficient (Wildman–Crippen LogP) is 4.20. The van der Waals surface area contributed by atoms with E-state index in [1.54, 1.807) is 18.0 Å². The summed E-state index contributed by atoms with van der Waals surface area (Å²) in [5.74, 6) is 1.08. The van der Waals surface area contributed by atoms with Gasteiger partial charge >= 0.3 is 6.09 Å². The summed E-state index contributed by atoms with van der Waals surface area (Å²) < 4.78 is 10.8. The van der Waals surface area contributed by atoms with Gasteiger partial charge in [0.1, 0.15) is 11.4 Å². The van der Waals surface area contributed by atoms with Gasteiger partial charge in [-0.3, -0.25) is 4.79 Å². The van der Waals surface area contributed by atoms with Gasteiger partial charge in [-0.1, -0.05) is 12.1 Å². The molecule has 29 heavy (non-hydrogen) atoms. The van der Waals surface area contributed by atoms with Crippen molar-refractivity contribution in [3.8, 4) is 5.75 Å². The van der Waals surface area contributed by atoms with Crippen LogP contribution < -0.4 is 4.74 Å². The fourth-order valence-electron chi connectivity index (χ4n) is 3.33. The predicted molar refractivity (Wildman–Crippen MR) is 115 cm³/mol. The Kier molecular flexibility index (Phi) is 8.11. The van der Waals surface area contributed by atoms with Gasteiger partial charge in [-0.15, -0.1) is 0 Å². The number of carbonyl (C=O) groups is 2. The maximum Gasteiger partial charge on any atom is 0.410 e. The molecule has 1 atom stereocenters. The second-order valence-electron chi connectivity index (χ2n) is 8.49. The summed E-state index contributed by atoms with van der Waals surface area (Å²) in [5, 5.41) is 0. The van der Waals surface area contributed by atoms with Crippen LogP contribution in [0, 0.1) is 5.92 Å². The minimum absolute atomic E-state index is 0.00325. The lowest BCUT2D eigenvalue weighted by Gasteiger charge is -2.34. The number of carbonyl (C=O) groups excluding carboxylic acids is 2. The normalized spacial score (nSPS) is 17.3. The van der Waals surface area contributed by atoms with E-state index in [0.717, 1.165) is 30.7 Å². The summed E-state index contributed by atoms with van der Waals surface area (Å²) in [6.45, 7) is 10.1. The number of rotatable bonds is 6. The third-order valence-corrected chi connectivity index (χ3v) is 4.68. The Balaban J connectivity index is 1.87. The van der Waals surface area contributed by atoms with Crippen LogP contribution in [0.4, 0.5) is 4.79 Å². The van der Waals surface area contributed by atoms with E-state index in [1.807, 2.05) is 62.9 Å². The van der Waals surface area contributed by atoms with E-state index >= 15 is 0 Å². The van der Waals surface area contributed by atoms with Crippen molar-refractivity contribution in [1.29, 1.82) is 0 Å². The molecule has 6 nitrogen and oxygen atoms in total. The fraction of sp³-hybridized carbons (Fsp3) is 0.565. The average Bonchev–Trinajstić information content (AvgIpc) is 2.66. The van der Waals surface area contributed by atoms with Gasteiger partial charge in [0.25, 0.3) is 0 Å². The van der Waals surface area contributed by atoms with Crippen LogP contribution >= 0.6 is 0 Å². The van der Waals surface area contributed by atoms with Crippen LogP contribution in [0.3, 0.4) is 0 Å². The molecule has 0 saturated carbocycles. The van der Waals surface area contributed by atoms with Gasteiger partial charge < -0.3 is 19.3 Å². The lowest BCUT2D eigenvalue weighted by atomic mass is 9.97. The van der Waals surface area contributed by atoms with Crippen LogP contribution in [0.15, 0.2) is 30.3 Å². The highest BCUT2D eigenvalue weighted by Gasteiger charge is 2.26. The monoisotopic (exact) mass is 402 g/mol. The standard InChI is InChI=1S/C23H34N2O4/c1-6-28-20-12-9-18(10-13-20)11-14-21(26)25-15-7-8-19(17-25)16-24(5)22(27)29-23(2,3)4/h9-14,19H,6-8,15-17H2,1-5H3. The molecule has 0 N–H and O–H groups in total. The van der Waals surface area contributed by atoms with Gasteiger partial charge in [0.05, 0.1) is 6.61 Å². The van der Waals surface area contributed by atoms with Crippen molar-refractivity contribution >= 4 is 18.1 Å². The Labute approximate surface area is 174 Å². The smallest absolute Gasteiger partial charge is 0.410 e. The van der Waals surface area contributed by atoms with Crippen molar-refractivity contribution in [3.05, 3.63) is 35.9 Å². The average molecular weight is 403 g/mol. The fourth-order valence-corrected chi connectivity index (χ4v) is 3.33. The first-order valence-corrected chi connectivity index (χ1v) is 10.3. The lowest BCUT2D eigenvalue weighted by Crippen LogP contribution is -2.44. The molecule has 1 unspecified atom stereocenters. The summed E-state index contributed by atoms with van der Waals surface area (Å²) in [7, 11) is 1.75. The minimum atomic E-state index is -0.508. The van der Waals surface area contributed by atoms with Gasteiger partial charge in [-0.25, -0.2) is 4.79 Å². The third-order valence-electron chi connectivity index (χ3n) is 4.68. The Bertz CT molecular complexity index is 707. The summed E-state index contributed by atoms with van der Waals surface area (Å²) in [5.41, 5.74) is 0.450. The lowest BCUT2D eigenvalue weighted by molar-refractivity contribution is -0.127. The molecule has 2 amide bonds. The van der Waals surface area contributed by atoms with Gasteiger partial charge in [0.15, 0.2) is 0 Å². The highest BCUT2D eigenvalue weighted by atomic mass is 16.6. The van der Waals surface area contributed by atoms with Crippen LogP contribution in [-0.2, 0) is 9.53 Å². The molecule has 1 aliphatic rings. The Morgan fingerprint density at radius 2 is 1.93 bits per heavy atom. The number of ether oxygens (including phenoxy) is 2. The quantitative estimate of drug-likeness (QED) is 0.669. The van der Waals surface area contributed by atoms with E-state index < -0.39 is 5.60 Å². The Hall–Kier alpha value is -2.50. The molecule has 1 fully saturated rings. The van der Waals surface area contributed by atoms with Crippen molar-refractivity contribution in [2.45, 2.75) is 46.1 Å². The van der Waals surface area contributed by atoms with E-state index in [9.17, 15) is 9.59 Å². The van der Waals surface area contributed by atoms with E-state index in [0.29, 0.717) is 19.7 Å². The number of benzene rings is 1. The topological polar surface area (TPSA) is 59.1 Å². The second kappa shape index (κ2) is 10.3. The van der Waals surface area contributed by atoms with Crippen LogP contribution in [0.1, 0.15) is 46.1 Å². The van der Waals surface area contributed by atoms with E-state index in [4.69, 9.17) is 9.47 Å². The first-order chi connectivity index (χ1) is 13.7. The van der Waals surface area contributed by atoms with Crippen LogP contribution in [0.25, 0.3) is 6.08 Å². The van der Waals surface area contributed by atoms with E-state index in [1.165, 1.54) is 0 Å². The molecule has 0 radical (unpaired) electrons. The molecule has 1 aliphatic heterocycles. The zero-order chi connectivity index (χ0) is 21.4. The SMILES string of the molecule is CCOc1ccc(C=CC(=O)N2CCCC(CN(C)C(=O)OC(C)(C)C)C2)cc1. The number of hydrogen-bond donors (Lipinski definition) is 0. The first kappa shape index (κ1) is 22.8. The number of nitrogens with zero attached hydrogens (tertiary/aromatic N) is 2. The zero-order valence-corrected chi connectivity index (χ0v) is 18.3. The van der Waals surface area contributed by atoms with Crippen LogP contribution in [0.5, 0.6) is 5.75 Å². The Morgan fingerprint density at radius 3 is 2.55 bits per heavy atom. The third kappa shape index (κ3) is 7.80. The maximum absolute atomic E-state index is 12.6. The molecule has 1 aromatic carbocycles. The highest BCUT2D eigenvalue weighted by molar-refractivity contribution is 5.91. The molecule has 2 rings (SSSR count). The second-order valence-corrected chi connectivity index (χ2v) is 8.49. The molecule has 1 saturated heterocycles. The van der Waals surface area contributed by atoms with Gasteiger partial charge in [-0.05, 0) is 70.2 Å². The molecular weight excluding hydrogens is 368 g/mol. The van der Waals surface area contributed by atoms with Crippen LogP contribution in [-0.4, -0.2) is 60.7 Å². The Morgan fingerprint density at radius 1 is 1.24 bits per heavy atom. The van der Waals surface area contributed by atoms with Crippen molar-refractivity contribution in [2.24, 2.45) is 5.92 Å². The number of piperidine rings is 1. The van der Waals surface area contributed by atoms with Crippen LogP contribution in [0.2, 0.25) is 0 Å². The maximum atomic E-state index is 12.6. The molecule has 1 heterocycles. The molecule has 0 aromatic heterocycles. The van der Waals surface area contributed by atoms with Gasteiger partial charge in [-0.2, -0.15) is 0 Å². The molecule has 0 bridgehead atoms. The van der Waals surface area contributed by atoms with Crippen molar-refractivity contribution in [2.75, 3.05) is 33.3 Å². The molecule has 0 aliphatic carbocycles. The summed E-state index contributed by atoms with van der Waals surface area (Å²) >= 11 is 0. The van der Waals surface area contributed by atoms with Gasteiger partial charge in [0, 0.05) is 32.8 Å². The van der Waals surface area contributed by atoms with E-state index in [-0.39, 0.29) is 17.9 Å². The summed E-state index contributed by atoms with van der Waals surface area (Å²) in [6, 6.07) is 7.67. The van der Waals surface area contributed by atoms with E-state index in [2.05, 4.69) is 0 Å². The highest BCUT2D eigenvalue weighted by Crippen LogP contribution is 2.19. The molecule has 0 spiro atoms. The molecule has 1 aromatic rings. The summed E-state index contributed by atoms with van der Waals surface area (Å²) in [4.78, 5) is 28.3. The van der Waals surface area contributed by atoms with Crippen molar-refractivity contribution < 1.29 is 19.1 Å². The molecular formula is C23H34N2O4. The number of amides is 2. The minimum Gasteiger partial charge on any atom is -0.494 e. The summed E-state index contributed by atoms with van der Waals surface area (Å²) in [6.07, 6.45) is 5.07. The first-order valence-electron chi connectivity index (χ1n) is 10.3. The number of likely N-dealkylation sites (tertiary alicyclic amines) is 1. The molecule has 6 heteroatoms. The van der Waals surface area contributed by atoms with Crippen molar-refractivity contribution in [3.63, 3.8) is 0 Å². The molecule has 160 valence electrons. The van der Waals surface area contributed by atoms with Gasteiger partial charge in [0.2, 0.25) is 5.91 Å². The zero-order valence-electron chi connectivity index (χ0n) is 18.3. The largest absolute Gasteiger partial charge is 0.494 e.